The summed E-state index contributed by atoms with van der Waals surface area (Å²) in [6, 6.07) is 10.8. The van der Waals surface area contributed by atoms with E-state index in [1.54, 1.807) is 11.0 Å². The van der Waals surface area contributed by atoms with Crippen molar-refractivity contribution in [3.05, 3.63) is 87.3 Å². The van der Waals surface area contributed by atoms with E-state index < -0.39 is 6.04 Å². The number of carbonyl (C=O) groups is 1. The van der Waals surface area contributed by atoms with Crippen LogP contribution in [0.3, 0.4) is 0 Å². The van der Waals surface area contributed by atoms with Gasteiger partial charge in [-0.1, -0.05) is 37.8 Å². The van der Waals surface area contributed by atoms with Gasteiger partial charge in [-0.3, -0.25) is 9.59 Å². The lowest BCUT2D eigenvalue weighted by Crippen LogP contribution is -2.30. The van der Waals surface area contributed by atoms with E-state index in [0.717, 1.165) is 23.1 Å². The van der Waals surface area contributed by atoms with Gasteiger partial charge in [-0.2, -0.15) is 0 Å². The van der Waals surface area contributed by atoms with Gasteiger partial charge in [0, 0.05) is 6.54 Å². The number of ether oxygens (including phenoxy) is 1. The molecule has 0 fully saturated rings. The van der Waals surface area contributed by atoms with Crippen molar-refractivity contribution in [2.24, 2.45) is 0 Å². The van der Waals surface area contributed by atoms with Crippen LogP contribution in [0.15, 0.2) is 58.3 Å². The normalized spacial score (nSPS) is 15.5. The van der Waals surface area contributed by atoms with Crippen LogP contribution in [0, 0.1) is 13.8 Å². The molecule has 2 heterocycles. The predicted octanol–water partition coefficient (Wildman–Crippen LogP) is 4.93. The van der Waals surface area contributed by atoms with Crippen LogP contribution in [0.1, 0.15) is 52.2 Å². The van der Waals surface area contributed by atoms with Gasteiger partial charge >= 0.3 is 0 Å². The van der Waals surface area contributed by atoms with Gasteiger partial charge in [-0.15, -0.1) is 0 Å². The lowest BCUT2D eigenvalue weighted by atomic mass is 9.97. The van der Waals surface area contributed by atoms with Gasteiger partial charge in [0.25, 0.3) is 5.91 Å². The van der Waals surface area contributed by atoms with Crippen molar-refractivity contribution < 1.29 is 13.9 Å². The number of aryl methyl sites for hydroxylation is 2. The molecule has 0 saturated carbocycles. The molecule has 30 heavy (non-hydrogen) atoms. The van der Waals surface area contributed by atoms with Crippen LogP contribution < -0.4 is 10.2 Å². The Bertz CT molecular complexity index is 1190. The Morgan fingerprint density at radius 1 is 1.17 bits per heavy atom. The van der Waals surface area contributed by atoms with Crippen LogP contribution in [0.2, 0.25) is 0 Å². The fourth-order valence-electron chi connectivity index (χ4n) is 4.19. The largest absolute Gasteiger partial charge is 0.490 e. The highest BCUT2D eigenvalue weighted by Crippen LogP contribution is 2.39. The van der Waals surface area contributed by atoms with E-state index in [1.807, 2.05) is 57.2 Å². The molecule has 2 aromatic carbocycles. The van der Waals surface area contributed by atoms with Crippen LogP contribution in [0.4, 0.5) is 0 Å². The van der Waals surface area contributed by atoms with Crippen molar-refractivity contribution in [1.82, 2.24) is 4.90 Å². The quantitative estimate of drug-likeness (QED) is 0.548. The third kappa shape index (κ3) is 3.20. The Balaban J connectivity index is 1.91. The average Bonchev–Trinajstić information content (AvgIpc) is 3.00. The summed E-state index contributed by atoms with van der Waals surface area (Å²) in [5.41, 5.74) is 3.47. The zero-order chi connectivity index (χ0) is 21.4. The Morgan fingerprint density at radius 2 is 1.90 bits per heavy atom. The maximum absolute atomic E-state index is 13.5. The first kappa shape index (κ1) is 20.0. The van der Waals surface area contributed by atoms with E-state index in [-0.39, 0.29) is 17.1 Å². The van der Waals surface area contributed by atoms with Crippen LogP contribution in [0.5, 0.6) is 5.75 Å². The summed E-state index contributed by atoms with van der Waals surface area (Å²) in [5, 5.41) is 0.522. The molecule has 4 rings (SSSR count). The minimum absolute atomic E-state index is 0.137. The molecule has 1 aromatic heterocycles. The molecule has 1 atom stereocenters. The Labute approximate surface area is 175 Å². The summed E-state index contributed by atoms with van der Waals surface area (Å²) < 4.78 is 11.6. The maximum Gasteiger partial charge on any atom is 0.290 e. The molecular weight excluding hydrogens is 378 g/mol. The zero-order valence-corrected chi connectivity index (χ0v) is 17.5. The molecule has 5 nitrogen and oxygen atoms in total. The second-order valence-corrected chi connectivity index (χ2v) is 7.70. The van der Waals surface area contributed by atoms with Crippen LogP contribution >= 0.6 is 0 Å². The first-order valence-corrected chi connectivity index (χ1v) is 10.2. The summed E-state index contributed by atoms with van der Waals surface area (Å²) in [5.74, 6) is 0.634. The number of hydrogen-bond donors (Lipinski definition) is 0. The van der Waals surface area contributed by atoms with E-state index in [2.05, 4.69) is 6.58 Å². The molecule has 5 heteroatoms. The lowest BCUT2D eigenvalue weighted by Gasteiger charge is -2.24. The fourth-order valence-corrected chi connectivity index (χ4v) is 4.19. The minimum Gasteiger partial charge on any atom is -0.490 e. The number of fused-ring (bicyclic) bond motifs is 2. The lowest BCUT2D eigenvalue weighted by molar-refractivity contribution is 0.0728. The Morgan fingerprint density at radius 3 is 2.57 bits per heavy atom. The van der Waals surface area contributed by atoms with E-state index in [9.17, 15) is 9.59 Å². The molecule has 0 aliphatic carbocycles. The van der Waals surface area contributed by atoms with Gasteiger partial charge in [0.15, 0.2) is 5.43 Å². The molecule has 1 unspecified atom stereocenters. The number of rotatable bonds is 6. The maximum atomic E-state index is 13.5. The van der Waals surface area contributed by atoms with Gasteiger partial charge in [-0.25, -0.2) is 0 Å². The Hall–Kier alpha value is -3.34. The molecular formula is C25H25NO4. The Kier molecular flexibility index (Phi) is 5.20. The molecule has 1 aliphatic rings. The SMILES string of the molecule is C=CCOc1ccc(C2c3c(oc4c(C)cc(C)cc4c3=O)C(=O)N2CCC)cc1. The summed E-state index contributed by atoms with van der Waals surface area (Å²) >= 11 is 0. The van der Waals surface area contributed by atoms with Gasteiger partial charge < -0.3 is 14.1 Å². The average molecular weight is 403 g/mol. The number of carbonyl (C=O) groups excluding carboxylic acids is 1. The van der Waals surface area contributed by atoms with Gasteiger partial charge in [0.1, 0.15) is 17.9 Å². The summed E-state index contributed by atoms with van der Waals surface area (Å²) in [7, 11) is 0. The van der Waals surface area contributed by atoms with E-state index in [0.29, 0.717) is 35.4 Å². The van der Waals surface area contributed by atoms with Crippen LogP contribution in [-0.2, 0) is 0 Å². The second-order valence-electron chi connectivity index (χ2n) is 7.70. The standard InChI is InChI=1S/C25H25NO4/c1-5-11-26-21(17-7-9-18(10-8-17)29-12-6-2)20-22(27)19-14-15(3)13-16(4)23(19)30-24(20)25(26)28/h6-10,13-14,21H,2,5,11-12H2,1,3-4H3. The minimum atomic E-state index is -0.470. The molecule has 0 saturated heterocycles. The van der Waals surface area contributed by atoms with E-state index >= 15 is 0 Å². The van der Waals surface area contributed by atoms with Crippen molar-refractivity contribution in [2.75, 3.05) is 13.2 Å². The molecule has 154 valence electrons. The van der Waals surface area contributed by atoms with Crippen molar-refractivity contribution in [3.8, 4) is 5.75 Å². The van der Waals surface area contributed by atoms with Crippen molar-refractivity contribution in [2.45, 2.75) is 33.2 Å². The molecule has 1 amide bonds. The highest BCUT2D eigenvalue weighted by molar-refractivity contribution is 5.99. The van der Waals surface area contributed by atoms with Crippen molar-refractivity contribution in [3.63, 3.8) is 0 Å². The van der Waals surface area contributed by atoms with E-state index in [4.69, 9.17) is 9.15 Å². The van der Waals surface area contributed by atoms with Gasteiger partial charge in [0.05, 0.1) is 17.0 Å². The smallest absolute Gasteiger partial charge is 0.290 e. The van der Waals surface area contributed by atoms with Crippen molar-refractivity contribution >= 4 is 16.9 Å². The topological polar surface area (TPSA) is 59.8 Å². The molecule has 0 spiro atoms. The zero-order valence-electron chi connectivity index (χ0n) is 17.5. The number of nitrogens with zero attached hydrogens (tertiary/aromatic N) is 1. The number of benzene rings is 2. The van der Waals surface area contributed by atoms with E-state index in [1.165, 1.54) is 0 Å². The first-order valence-electron chi connectivity index (χ1n) is 10.2. The van der Waals surface area contributed by atoms with Crippen molar-refractivity contribution in [1.29, 1.82) is 0 Å². The molecule has 1 aliphatic heterocycles. The van der Waals surface area contributed by atoms with Crippen LogP contribution in [0.25, 0.3) is 11.0 Å². The molecule has 3 aromatic rings. The predicted molar refractivity (Wildman–Crippen MR) is 117 cm³/mol. The summed E-state index contributed by atoms with van der Waals surface area (Å²) in [4.78, 5) is 28.5. The molecule has 0 radical (unpaired) electrons. The first-order chi connectivity index (χ1) is 14.5. The second kappa shape index (κ2) is 7.82. The number of amides is 1. The van der Waals surface area contributed by atoms with Gasteiger partial charge in [0.2, 0.25) is 5.76 Å². The number of hydrogen-bond acceptors (Lipinski definition) is 4. The molecule has 0 N–H and O–H groups in total. The third-order valence-electron chi connectivity index (χ3n) is 5.43. The van der Waals surface area contributed by atoms with Gasteiger partial charge in [-0.05, 0) is 55.2 Å². The fraction of sp³-hybridized carbons (Fsp3) is 0.280. The summed E-state index contributed by atoms with van der Waals surface area (Å²) in [6.45, 7) is 10.5. The summed E-state index contributed by atoms with van der Waals surface area (Å²) in [6.07, 6.45) is 2.46. The monoisotopic (exact) mass is 403 g/mol. The highest BCUT2D eigenvalue weighted by atomic mass is 16.5. The third-order valence-corrected chi connectivity index (χ3v) is 5.43. The molecule has 0 bridgehead atoms. The highest BCUT2D eigenvalue weighted by Gasteiger charge is 2.42. The van der Waals surface area contributed by atoms with Crippen LogP contribution in [-0.4, -0.2) is 24.0 Å².